The molecule has 3 amide bonds. The Morgan fingerprint density at radius 2 is 1.97 bits per heavy atom. The smallest absolute Gasteiger partial charge is 0.270 e. The quantitative estimate of drug-likeness (QED) is 0.414. The average Bonchev–Trinajstić information content (AvgIpc) is 3.42. The Morgan fingerprint density at radius 3 is 2.74 bits per heavy atom. The van der Waals surface area contributed by atoms with Crippen LogP contribution in [0.1, 0.15) is 66.6 Å². The van der Waals surface area contributed by atoms with Crippen molar-refractivity contribution >= 4 is 29.1 Å². The Hall–Kier alpha value is -4.06. The molecule has 4 N–H and O–H groups in total. The van der Waals surface area contributed by atoms with Crippen molar-refractivity contribution in [1.29, 1.82) is 0 Å². The van der Waals surface area contributed by atoms with E-state index in [1.165, 1.54) is 6.92 Å². The van der Waals surface area contributed by atoms with Gasteiger partial charge in [-0.3, -0.25) is 14.4 Å². The molecule has 12 nitrogen and oxygen atoms in total. The first-order valence-corrected chi connectivity index (χ1v) is 13.2. The molecular formula is C27H32N6O6. The number of aliphatic hydroxyl groups is 1. The third-order valence-electron chi connectivity index (χ3n) is 7.21. The summed E-state index contributed by atoms with van der Waals surface area (Å²) in [4.78, 5) is 50.8. The van der Waals surface area contributed by atoms with Gasteiger partial charge in [0, 0.05) is 19.0 Å². The van der Waals surface area contributed by atoms with Crippen LogP contribution in [0.3, 0.4) is 0 Å². The molecule has 1 fully saturated rings. The molecule has 0 saturated heterocycles. The monoisotopic (exact) mass is 536 g/mol. The molecule has 2 atom stereocenters. The summed E-state index contributed by atoms with van der Waals surface area (Å²) in [5, 5.41) is 22.2. The van der Waals surface area contributed by atoms with E-state index in [2.05, 4.69) is 31.1 Å². The van der Waals surface area contributed by atoms with E-state index in [4.69, 9.17) is 9.57 Å². The van der Waals surface area contributed by atoms with Gasteiger partial charge >= 0.3 is 0 Å². The lowest BCUT2D eigenvalue weighted by Gasteiger charge is -2.31. The predicted octanol–water partition coefficient (Wildman–Crippen LogP) is 1.59. The molecular weight excluding hydrogens is 504 g/mol. The molecule has 5 rings (SSSR count). The number of rotatable bonds is 7. The molecule has 1 aromatic heterocycles. The fourth-order valence-corrected chi connectivity index (χ4v) is 5.10. The average molecular weight is 537 g/mol. The van der Waals surface area contributed by atoms with Crippen LogP contribution in [-0.4, -0.2) is 63.4 Å². The summed E-state index contributed by atoms with van der Waals surface area (Å²) in [6, 6.07) is 7.03. The summed E-state index contributed by atoms with van der Waals surface area (Å²) in [5.41, 5.74) is 2.84. The van der Waals surface area contributed by atoms with Gasteiger partial charge in [0.05, 0.1) is 11.4 Å². The lowest BCUT2D eigenvalue weighted by atomic mass is 9.81. The van der Waals surface area contributed by atoms with Crippen molar-refractivity contribution < 1.29 is 29.1 Å². The number of anilines is 1. The van der Waals surface area contributed by atoms with Crippen molar-refractivity contribution in [3.05, 3.63) is 47.0 Å². The standard InChI is InChI=1S/C27H32N6O6/c1-14(34)26(36)31-18-6-4-17(5-7-18)24-11-20(33-39-24)19-10-22(30-15(2)29-19)27(37)28-12-16-3-8-23-21(9-16)32-25(35)13-38-23/h3,8-10,14,17-18,24,34H,4-7,11-13H2,1-2H3,(H,28,37)(H,31,36)(H,32,35). The van der Waals surface area contributed by atoms with Gasteiger partial charge in [0.25, 0.3) is 11.8 Å². The maximum atomic E-state index is 12.9. The van der Waals surface area contributed by atoms with Crippen LogP contribution in [0.4, 0.5) is 5.69 Å². The second kappa shape index (κ2) is 11.4. The van der Waals surface area contributed by atoms with Crippen LogP contribution in [0.15, 0.2) is 29.4 Å². The number of amides is 3. The lowest BCUT2D eigenvalue weighted by Crippen LogP contribution is -2.43. The molecule has 1 aliphatic carbocycles. The normalized spacial score (nSPS) is 22.9. The lowest BCUT2D eigenvalue weighted by molar-refractivity contribution is -0.129. The van der Waals surface area contributed by atoms with Crippen molar-refractivity contribution in [2.45, 2.75) is 70.7 Å². The minimum atomic E-state index is -1.01. The number of hydrogen-bond acceptors (Lipinski definition) is 9. The van der Waals surface area contributed by atoms with Crippen LogP contribution in [0.25, 0.3) is 0 Å². The second-order valence-electron chi connectivity index (χ2n) is 10.2. The molecule has 3 heterocycles. The number of aliphatic hydroxyl groups excluding tert-OH is 1. The van der Waals surface area contributed by atoms with Crippen molar-refractivity contribution in [2.75, 3.05) is 11.9 Å². The number of carbonyl (C=O) groups excluding carboxylic acids is 3. The van der Waals surface area contributed by atoms with Gasteiger partial charge in [0.15, 0.2) is 6.61 Å². The molecule has 2 aromatic rings. The Kier molecular flexibility index (Phi) is 7.73. The van der Waals surface area contributed by atoms with E-state index in [0.29, 0.717) is 41.0 Å². The summed E-state index contributed by atoms with van der Waals surface area (Å²) in [6.45, 7) is 3.42. The number of aromatic nitrogens is 2. The van der Waals surface area contributed by atoms with Crippen LogP contribution < -0.4 is 20.7 Å². The Morgan fingerprint density at radius 1 is 1.18 bits per heavy atom. The number of nitrogens with one attached hydrogen (secondary N) is 3. The highest BCUT2D eigenvalue weighted by molar-refractivity contribution is 6.02. The molecule has 12 heteroatoms. The van der Waals surface area contributed by atoms with Gasteiger partial charge in [0.2, 0.25) is 5.91 Å². The van der Waals surface area contributed by atoms with Gasteiger partial charge in [0.1, 0.15) is 35.2 Å². The zero-order valence-corrected chi connectivity index (χ0v) is 21.9. The zero-order chi connectivity index (χ0) is 27.5. The number of oxime groups is 1. The second-order valence-corrected chi connectivity index (χ2v) is 10.2. The number of benzene rings is 1. The van der Waals surface area contributed by atoms with Crippen molar-refractivity contribution in [3.8, 4) is 5.75 Å². The van der Waals surface area contributed by atoms with E-state index in [-0.39, 0.29) is 48.7 Å². The van der Waals surface area contributed by atoms with Gasteiger partial charge < -0.3 is 30.6 Å². The maximum absolute atomic E-state index is 12.9. The third-order valence-corrected chi connectivity index (χ3v) is 7.21. The first-order chi connectivity index (χ1) is 18.7. The number of ether oxygens (including phenoxy) is 1. The minimum Gasteiger partial charge on any atom is -0.482 e. The van der Waals surface area contributed by atoms with Crippen LogP contribution in [0.5, 0.6) is 5.75 Å². The van der Waals surface area contributed by atoms with E-state index in [0.717, 1.165) is 31.2 Å². The molecule has 2 unspecified atom stereocenters. The van der Waals surface area contributed by atoms with E-state index in [1.54, 1.807) is 25.1 Å². The van der Waals surface area contributed by atoms with E-state index >= 15 is 0 Å². The largest absolute Gasteiger partial charge is 0.482 e. The molecule has 206 valence electrons. The summed E-state index contributed by atoms with van der Waals surface area (Å²) < 4.78 is 5.37. The van der Waals surface area contributed by atoms with Gasteiger partial charge in [-0.25, -0.2) is 9.97 Å². The minimum absolute atomic E-state index is 0.0128. The van der Waals surface area contributed by atoms with Crippen LogP contribution in [0.2, 0.25) is 0 Å². The fourth-order valence-electron chi connectivity index (χ4n) is 5.10. The number of fused-ring (bicyclic) bond motifs is 1. The molecule has 1 saturated carbocycles. The van der Waals surface area contributed by atoms with Crippen LogP contribution in [0, 0.1) is 12.8 Å². The zero-order valence-electron chi connectivity index (χ0n) is 21.9. The predicted molar refractivity (Wildman–Crippen MR) is 140 cm³/mol. The van der Waals surface area contributed by atoms with Gasteiger partial charge in [-0.2, -0.15) is 0 Å². The molecule has 0 bridgehead atoms. The maximum Gasteiger partial charge on any atom is 0.270 e. The summed E-state index contributed by atoms with van der Waals surface area (Å²) in [7, 11) is 0. The molecule has 2 aliphatic heterocycles. The van der Waals surface area contributed by atoms with Gasteiger partial charge in [-0.05, 0) is 69.2 Å². The fraction of sp³-hybridized carbons (Fsp3) is 0.481. The third kappa shape index (κ3) is 6.33. The summed E-state index contributed by atoms with van der Waals surface area (Å²) in [5.74, 6) is 0.423. The number of carbonyl (C=O) groups is 3. The Labute approximate surface area is 225 Å². The number of hydrogen-bond donors (Lipinski definition) is 4. The van der Waals surface area contributed by atoms with Gasteiger partial charge in [-0.15, -0.1) is 0 Å². The summed E-state index contributed by atoms with van der Waals surface area (Å²) in [6.07, 6.45) is 2.88. The molecule has 1 aromatic carbocycles. The number of aryl methyl sites for hydroxylation is 1. The van der Waals surface area contributed by atoms with Crippen molar-refractivity contribution in [3.63, 3.8) is 0 Å². The Balaban J connectivity index is 1.16. The molecule has 3 aliphatic rings. The SMILES string of the molecule is Cc1nc(C(=O)NCc2ccc3c(c2)NC(=O)CO3)cc(C2=NOC(C3CCC(NC(=O)C(C)O)CC3)C2)n1. The first-order valence-electron chi connectivity index (χ1n) is 13.2. The molecule has 39 heavy (non-hydrogen) atoms. The van der Waals surface area contributed by atoms with E-state index in [9.17, 15) is 19.5 Å². The first kappa shape index (κ1) is 26.5. The van der Waals surface area contributed by atoms with Crippen LogP contribution in [-0.2, 0) is 21.0 Å². The van der Waals surface area contributed by atoms with Crippen LogP contribution >= 0.6 is 0 Å². The van der Waals surface area contributed by atoms with E-state index in [1.807, 2.05) is 6.07 Å². The van der Waals surface area contributed by atoms with E-state index < -0.39 is 6.10 Å². The highest BCUT2D eigenvalue weighted by atomic mass is 16.6. The molecule has 0 radical (unpaired) electrons. The molecule has 0 spiro atoms. The Bertz CT molecular complexity index is 1300. The van der Waals surface area contributed by atoms with Crippen molar-refractivity contribution in [2.24, 2.45) is 11.1 Å². The van der Waals surface area contributed by atoms with Crippen molar-refractivity contribution in [1.82, 2.24) is 20.6 Å². The summed E-state index contributed by atoms with van der Waals surface area (Å²) >= 11 is 0. The number of nitrogens with zero attached hydrogens (tertiary/aromatic N) is 3. The topological polar surface area (TPSA) is 164 Å². The van der Waals surface area contributed by atoms with Gasteiger partial charge in [-0.1, -0.05) is 11.2 Å². The highest BCUT2D eigenvalue weighted by Gasteiger charge is 2.34. The highest BCUT2D eigenvalue weighted by Crippen LogP contribution is 2.33.